The lowest BCUT2D eigenvalue weighted by Crippen LogP contribution is -2.55. The fourth-order valence-electron chi connectivity index (χ4n) is 5.08. The Balaban J connectivity index is 1.43. The van der Waals surface area contributed by atoms with Gasteiger partial charge in [-0.1, -0.05) is 23.2 Å². The van der Waals surface area contributed by atoms with Gasteiger partial charge in [-0.3, -0.25) is 9.78 Å². The number of nitrogen functional groups attached to an aromatic ring is 1. The van der Waals surface area contributed by atoms with Crippen LogP contribution in [-0.4, -0.2) is 57.2 Å². The number of anilines is 2. The summed E-state index contributed by atoms with van der Waals surface area (Å²) in [5.74, 6) is 0.381. The first kappa shape index (κ1) is 22.3. The first-order valence-corrected chi connectivity index (χ1v) is 11.7. The van der Waals surface area contributed by atoms with Crippen molar-refractivity contribution in [2.24, 2.45) is 7.05 Å². The summed E-state index contributed by atoms with van der Waals surface area (Å²) >= 11 is 12.7. The van der Waals surface area contributed by atoms with Crippen molar-refractivity contribution in [1.29, 1.82) is 0 Å². The van der Waals surface area contributed by atoms with E-state index in [-0.39, 0.29) is 18.1 Å². The maximum absolute atomic E-state index is 13.7. The molecule has 2 aliphatic heterocycles. The fraction of sp³-hybridized carbons (Fsp3) is 0.435. The lowest BCUT2D eigenvalue weighted by molar-refractivity contribution is -0.151. The van der Waals surface area contributed by atoms with Gasteiger partial charge in [0.1, 0.15) is 5.52 Å². The molecule has 174 valence electrons. The molecule has 4 heterocycles. The number of fused-ring (bicyclic) bond motifs is 2. The largest absolute Gasteiger partial charge is 0.369 e. The molecule has 8 nitrogen and oxygen atoms in total. The van der Waals surface area contributed by atoms with Gasteiger partial charge in [-0.2, -0.15) is 0 Å². The predicted octanol–water partition coefficient (Wildman–Crippen LogP) is 3.60. The Hall–Kier alpha value is -2.55. The van der Waals surface area contributed by atoms with E-state index in [0.29, 0.717) is 42.0 Å². The van der Waals surface area contributed by atoms with Crippen molar-refractivity contribution >= 4 is 51.8 Å². The number of morpholine rings is 1. The van der Waals surface area contributed by atoms with Crippen LogP contribution in [0.4, 0.5) is 11.6 Å². The molecule has 33 heavy (non-hydrogen) atoms. The van der Waals surface area contributed by atoms with Gasteiger partial charge in [0, 0.05) is 30.2 Å². The Kier molecular flexibility index (Phi) is 5.63. The zero-order chi connectivity index (χ0) is 23.4. The number of rotatable bonds is 2. The predicted molar refractivity (Wildman–Crippen MR) is 130 cm³/mol. The molecule has 0 aliphatic carbocycles. The molecule has 0 unspecified atom stereocenters. The molecular weight excluding hydrogens is 463 g/mol. The highest BCUT2D eigenvalue weighted by Crippen LogP contribution is 2.38. The highest BCUT2D eigenvalue weighted by molar-refractivity contribution is 6.35. The van der Waals surface area contributed by atoms with E-state index >= 15 is 0 Å². The standard InChI is InChI=1S/C23H26Cl2N6O2/c1-12-10-30(18-9-27-8-17-21(18)29(3)23(26)28-17)11-19(33-12)22(32)31-5-4-14-6-15(24)7-16(25)20(14)13(31)2/h6-9,12-13,19H,4-5,10-11H2,1-3H3,(H2,26,28)/t12-,13+,19-/m1/s1. The van der Waals surface area contributed by atoms with Crippen molar-refractivity contribution in [1.82, 2.24) is 19.4 Å². The van der Waals surface area contributed by atoms with Crippen LogP contribution in [0.2, 0.25) is 10.0 Å². The number of benzene rings is 1. The zero-order valence-corrected chi connectivity index (χ0v) is 20.3. The van der Waals surface area contributed by atoms with Crippen molar-refractivity contribution in [2.75, 3.05) is 30.3 Å². The lowest BCUT2D eigenvalue weighted by atomic mass is 9.93. The Morgan fingerprint density at radius 2 is 2.00 bits per heavy atom. The molecule has 10 heteroatoms. The average molecular weight is 489 g/mol. The van der Waals surface area contributed by atoms with Gasteiger partial charge in [0.15, 0.2) is 6.10 Å². The van der Waals surface area contributed by atoms with Crippen LogP contribution >= 0.6 is 23.2 Å². The third-order valence-corrected chi connectivity index (χ3v) is 7.17. The maximum atomic E-state index is 13.7. The van der Waals surface area contributed by atoms with Crippen molar-refractivity contribution in [3.05, 3.63) is 45.7 Å². The van der Waals surface area contributed by atoms with Gasteiger partial charge in [-0.25, -0.2) is 4.98 Å². The lowest BCUT2D eigenvalue weighted by Gasteiger charge is -2.42. The molecule has 2 aromatic heterocycles. The molecule has 0 radical (unpaired) electrons. The van der Waals surface area contributed by atoms with Gasteiger partial charge < -0.3 is 24.8 Å². The van der Waals surface area contributed by atoms with Crippen molar-refractivity contribution < 1.29 is 9.53 Å². The topological polar surface area (TPSA) is 89.5 Å². The number of nitrogens with two attached hydrogens (primary N) is 1. The molecule has 3 aromatic rings. The van der Waals surface area contributed by atoms with Gasteiger partial charge in [-0.05, 0) is 43.5 Å². The quantitative estimate of drug-likeness (QED) is 0.592. The van der Waals surface area contributed by atoms with Crippen LogP contribution in [0.15, 0.2) is 24.5 Å². The van der Waals surface area contributed by atoms with Crippen LogP contribution in [0.25, 0.3) is 11.0 Å². The van der Waals surface area contributed by atoms with Gasteiger partial charge >= 0.3 is 0 Å². The van der Waals surface area contributed by atoms with E-state index in [2.05, 4.69) is 14.9 Å². The number of pyridine rings is 1. The number of ether oxygens (including phenoxy) is 1. The second kappa shape index (κ2) is 8.34. The first-order valence-electron chi connectivity index (χ1n) is 11.0. The Labute approximate surface area is 202 Å². The van der Waals surface area contributed by atoms with E-state index < -0.39 is 6.10 Å². The molecular formula is C23H26Cl2N6O2. The van der Waals surface area contributed by atoms with Crippen LogP contribution in [0, 0.1) is 0 Å². The van der Waals surface area contributed by atoms with Crippen LogP contribution in [-0.2, 0) is 23.0 Å². The van der Waals surface area contributed by atoms with Crippen LogP contribution in [0.5, 0.6) is 0 Å². The van der Waals surface area contributed by atoms with E-state index in [9.17, 15) is 4.79 Å². The number of aromatic nitrogens is 3. The molecule has 2 N–H and O–H groups in total. The number of imidazole rings is 1. The van der Waals surface area contributed by atoms with Crippen LogP contribution in [0.3, 0.4) is 0 Å². The average Bonchev–Trinajstić information content (AvgIpc) is 3.06. The summed E-state index contributed by atoms with van der Waals surface area (Å²) in [6.45, 7) is 5.62. The zero-order valence-electron chi connectivity index (χ0n) is 18.8. The van der Waals surface area contributed by atoms with E-state index in [1.165, 1.54) is 0 Å². The van der Waals surface area contributed by atoms with Gasteiger partial charge in [0.2, 0.25) is 5.95 Å². The third kappa shape index (κ3) is 3.80. The highest BCUT2D eigenvalue weighted by atomic mass is 35.5. The maximum Gasteiger partial charge on any atom is 0.254 e. The number of carbonyl (C=O) groups excluding carboxylic acids is 1. The molecule has 1 aromatic carbocycles. The van der Waals surface area contributed by atoms with E-state index in [4.69, 9.17) is 33.7 Å². The monoisotopic (exact) mass is 488 g/mol. The summed E-state index contributed by atoms with van der Waals surface area (Å²) < 4.78 is 7.98. The highest BCUT2D eigenvalue weighted by Gasteiger charge is 2.38. The molecule has 3 atom stereocenters. The minimum Gasteiger partial charge on any atom is -0.369 e. The van der Waals surface area contributed by atoms with Gasteiger partial charge in [0.25, 0.3) is 5.91 Å². The molecule has 0 spiro atoms. The number of hydrogen-bond donors (Lipinski definition) is 1. The molecule has 5 rings (SSSR count). The molecule has 1 fully saturated rings. The normalized spacial score (nSPS) is 23.1. The number of amides is 1. The number of aryl methyl sites for hydroxylation is 1. The van der Waals surface area contributed by atoms with Crippen molar-refractivity contribution in [3.63, 3.8) is 0 Å². The van der Waals surface area contributed by atoms with Gasteiger partial charge in [0.05, 0.1) is 42.3 Å². The number of hydrogen-bond acceptors (Lipinski definition) is 6. The second-order valence-corrected chi connectivity index (χ2v) is 9.66. The van der Waals surface area contributed by atoms with E-state index in [1.807, 2.05) is 36.4 Å². The SMILES string of the molecule is C[C@@H]1CN(c2cncc3nc(N)n(C)c23)C[C@H](C(=O)N2CCc3cc(Cl)cc(Cl)c3[C@@H]2C)O1. The minimum absolute atomic E-state index is 0.0413. The van der Waals surface area contributed by atoms with Crippen molar-refractivity contribution in [3.8, 4) is 0 Å². The Morgan fingerprint density at radius 3 is 2.79 bits per heavy atom. The minimum atomic E-state index is -0.607. The van der Waals surface area contributed by atoms with Gasteiger partial charge in [-0.15, -0.1) is 0 Å². The van der Waals surface area contributed by atoms with Crippen molar-refractivity contribution in [2.45, 2.75) is 38.5 Å². The summed E-state index contributed by atoms with van der Waals surface area (Å²) in [4.78, 5) is 26.4. The molecule has 1 saturated heterocycles. The van der Waals surface area contributed by atoms with Crippen LogP contribution in [0.1, 0.15) is 31.0 Å². The molecule has 0 saturated carbocycles. The molecule has 1 amide bonds. The van der Waals surface area contributed by atoms with E-state index in [0.717, 1.165) is 27.8 Å². The summed E-state index contributed by atoms with van der Waals surface area (Å²) in [6.07, 6.45) is 3.46. The Morgan fingerprint density at radius 1 is 1.21 bits per heavy atom. The number of nitrogens with zero attached hydrogens (tertiary/aromatic N) is 5. The molecule has 2 aliphatic rings. The Bertz CT molecular complexity index is 1250. The number of carbonyl (C=O) groups is 1. The summed E-state index contributed by atoms with van der Waals surface area (Å²) in [5, 5.41) is 1.21. The van der Waals surface area contributed by atoms with E-state index in [1.54, 1.807) is 18.5 Å². The second-order valence-electron chi connectivity index (χ2n) is 8.81. The smallest absolute Gasteiger partial charge is 0.254 e. The molecule has 0 bridgehead atoms. The summed E-state index contributed by atoms with van der Waals surface area (Å²) in [5.41, 5.74) is 10.6. The fourth-order valence-corrected chi connectivity index (χ4v) is 5.77. The first-order chi connectivity index (χ1) is 15.7. The van der Waals surface area contributed by atoms with Crippen LogP contribution < -0.4 is 10.6 Å². The summed E-state index contributed by atoms with van der Waals surface area (Å²) in [7, 11) is 1.88. The number of halogens is 2. The summed E-state index contributed by atoms with van der Waals surface area (Å²) in [6, 6.07) is 3.51. The third-order valence-electron chi connectivity index (χ3n) is 6.64.